The summed E-state index contributed by atoms with van der Waals surface area (Å²) < 4.78 is 0. The fourth-order valence-electron chi connectivity index (χ4n) is 1.51. The van der Waals surface area contributed by atoms with Gasteiger partial charge >= 0.3 is 0 Å². The third-order valence-corrected chi connectivity index (χ3v) is 2.34. The molecule has 0 spiro atoms. The van der Waals surface area contributed by atoms with E-state index in [0.29, 0.717) is 5.78 Å². The van der Waals surface area contributed by atoms with Crippen molar-refractivity contribution in [3.05, 3.63) is 0 Å². The molecule has 0 bridgehead atoms. The van der Waals surface area contributed by atoms with Crippen LogP contribution in [0.2, 0.25) is 0 Å². The van der Waals surface area contributed by atoms with Gasteiger partial charge in [-0.25, -0.2) is 0 Å². The van der Waals surface area contributed by atoms with Gasteiger partial charge in [-0.05, 0) is 12.8 Å². The van der Waals surface area contributed by atoms with Gasteiger partial charge in [0, 0.05) is 12.8 Å². The predicted octanol–water partition coefficient (Wildman–Crippen LogP) is 4.11. The summed E-state index contributed by atoms with van der Waals surface area (Å²) in [5, 5.41) is 0. The van der Waals surface area contributed by atoms with Gasteiger partial charge in [-0.15, -0.1) is 0 Å². The molecule has 0 aliphatic carbocycles. The van der Waals surface area contributed by atoms with Crippen LogP contribution in [0.4, 0.5) is 0 Å². The highest BCUT2D eigenvalue weighted by Gasteiger charge is 1.98. The molecule has 0 aromatic carbocycles. The summed E-state index contributed by atoms with van der Waals surface area (Å²) in [5.74, 6) is 0.456. The van der Waals surface area contributed by atoms with Crippen LogP contribution in [0.5, 0.6) is 0 Å². The molecule has 0 aromatic heterocycles. The van der Waals surface area contributed by atoms with Gasteiger partial charge in [0.05, 0.1) is 0 Å². The smallest absolute Gasteiger partial charge is 0.132 e. The van der Waals surface area contributed by atoms with Gasteiger partial charge in [0.15, 0.2) is 0 Å². The second-order valence-corrected chi connectivity index (χ2v) is 3.81. The molecule has 0 aromatic rings. The van der Waals surface area contributed by atoms with Crippen molar-refractivity contribution < 1.29 is 4.79 Å². The van der Waals surface area contributed by atoms with Crippen molar-refractivity contribution in [3.8, 4) is 0 Å². The van der Waals surface area contributed by atoms with Crippen LogP contribution >= 0.6 is 0 Å². The van der Waals surface area contributed by atoms with Gasteiger partial charge in [-0.1, -0.05) is 46.0 Å². The van der Waals surface area contributed by atoms with Crippen LogP contribution in [0.3, 0.4) is 0 Å². The number of unbranched alkanes of at least 4 members (excludes halogenated alkanes) is 5. The molecule has 0 amide bonds. The lowest BCUT2D eigenvalue weighted by molar-refractivity contribution is -0.119. The van der Waals surface area contributed by atoms with Crippen LogP contribution < -0.4 is 0 Å². The number of rotatable bonds is 9. The molecule has 0 rings (SSSR count). The SMILES string of the molecule is CCCCCCCCC(=O)CCC. The van der Waals surface area contributed by atoms with E-state index in [1.54, 1.807) is 0 Å². The zero-order valence-electron chi connectivity index (χ0n) is 9.27. The third-order valence-electron chi connectivity index (χ3n) is 2.34. The summed E-state index contributed by atoms with van der Waals surface area (Å²) in [6.45, 7) is 4.30. The summed E-state index contributed by atoms with van der Waals surface area (Å²) in [5.41, 5.74) is 0. The first kappa shape index (κ1) is 12.7. The molecule has 0 fully saturated rings. The van der Waals surface area contributed by atoms with Crippen molar-refractivity contribution in [3.63, 3.8) is 0 Å². The van der Waals surface area contributed by atoms with Gasteiger partial charge in [0.1, 0.15) is 5.78 Å². The number of carbonyl (C=O) groups excluding carboxylic acids is 1. The Balaban J connectivity index is 3.02. The van der Waals surface area contributed by atoms with Gasteiger partial charge in [-0.3, -0.25) is 4.79 Å². The van der Waals surface area contributed by atoms with E-state index in [-0.39, 0.29) is 0 Å². The summed E-state index contributed by atoms with van der Waals surface area (Å²) >= 11 is 0. The number of Topliss-reactive ketones (excluding diaryl/α,β-unsaturated/α-hetero) is 1. The van der Waals surface area contributed by atoms with Crippen molar-refractivity contribution in [2.45, 2.75) is 71.6 Å². The molecule has 0 unspecified atom stereocenters. The Kier molecular flexibility index (Phi) is 9.51. The Morgan fingerprint density at radius 1 is 0.769 bits per heavy atom. The van der Waals surface area contributed by atoms with Crippen LogP contribution in [-0.2, 0) is 4.79 Å². The maximum atomic E-state index is 11.1. The highest BCUT2D eigenvalue weighted by Crippen LogP contribution is 2.08. The molecule has 1 nitrogen and oxygen atoms in total. The minimum atomic E-state index is 0.456. The Hall–Kier alpha value is -0.330. The second-order valence-electron chi connectivity index (χ2n) is 3.81. The highest BCUT2D eigenvalue weighted by atomic mass is 16.1. The average Bonchev–Trinajstić information content (AvgIpc) is 2.11. The van der Waals surface area contributed by atoms with E-state index in [4.69, 9.17) is 0 Å². The maximum absolute atomic E-state index is 11.1. The van der Waals surface area contributed by atoms with E-state index in [2.05, 4.69) is 13.8 Å². The topological polar surface area (TPSA) is 17.1 Å². The van der Waals surface area contributed by atoms with Crippen LogP contribution in [-0.4, -0.2) is 5.78 Å². The van der Waals surface area contributed by atoms with E-state index in [1.807, 2.05) is 0 Å². The molecular weight excluding hydrogens is 160 g/mol. The lowest BCUT2D eigenvalue weighted by Crippen LogP contribution is -1.96. The van der Waals surface area contributed by atoms with Crippen molar-refractivity contribution in [2.24, 2.45) is 0 Å². The van der Waals surface area contributed by atoms with Gasteiger partial charge in [-0.2, -0.15) is 0 Å². The first-order valence-electron chi connectivity index (χ1n) is 5.83. The van der Waals surface area contributed by atoms with E-state index < -0.39 is 0 Å². The lowest BCUT2D eigenvalue weighted by Gasteiger charge is -1.99. The van der Waals surface area contributed by atoms with Crippen LogP contribution in [0.15, 0.2) is 0 Å². The highest BCUT2D eigenvalue weighted by molar-refractivity contribution is 5.78. The molecule has 0 atom stereocenters. The summed E-state index contributed by atoms with van der Waals surface area (Å²) in [6.07, 6.45) is 10.3. The second kappa shape index (κ2) is 9.76. The fourth-order valence-corrected chi connectivity index (χ4v) is 1.51. The maximum Gasteiger partial charge on any atom is 0.132 e. The van der Waals surface area contributed by atoms with Gasteiger partial charge in [0.25, 0.3) is 0 Å². The predicted molar refractivity (Wildman–Crippen MR) is 57.9 cm³/mol. The molecule has 78 valence electrons. The Morgan fingerprint density at radius 3 is 2.00 bits per heavy atom. The molecular formula is C12H24O. The van der Waals surface area contributed by atoms with Crippen molar-refractivity contribution in [1.82, 2.24) is 0 Å². The fraction of sp³-hybridized carbons (Fsp3) is 0.917. The number of ketones is 1. The summed E-state index contributed by atoms with van der Waals surface area (Å²) in [7, 11) is 0. The molecule has 1 heteroatoms. The first-order chi connectivity index (χ1) is 6.31. The van der Waals surface area contributed by atoms with E-state index in [0.717, 1.165) is 25.7 Å². The Labute approximate surface area is 82.9 Å². The van der Waals surface area contributed by atoms with E-state index >= 15 is 0 Å². The van der Waals surface area contributed by atoms with Crippen LogP contribution in [0.1, 0.15) is 71.6 Å². The molecule has 0 N–H and O–H groups in total. The number of carbonyl (C=O) groups is 1. The number of hydrogen-bond donors (Lipinski definition) is 0. The molecule has 0 radical (unpaired) electrons. The minimum absolute atomic E-state index is 0.456. The zero-order chi connectivity index (χ0) is 9.94. The van der Waals surface area contributed by atoms with Gasteiger partial charge in [0.2, 0.25) is 0 Å². The van der Waals surface area contributed by atoms with Crippen LogP contribution in [0.25, 0.3) is 0 Å². The lowest BCUT2D eigenvalue weighted by atomic mass is 10.1. The average molecular weight is 184 g/mol. The van der Waals surface area contributed by atoms with Crippen LogP contribution in [0, 0.1) is 0 Å². The Bertz CT molecular complexity index is 118. The standard InChI is InChI=1S/C12H24O/c1-3-5-6-7-8-9-11-12(13)10-4-2/h3-11H2,1-2H3. The summed E-state index contributed by atoms with van der Waals surface area (Å²) in [4.78, 5) is 11.1. The van der Waals surface area contributed by atoms with Crippen molar-refractivity contribution in [1.29, 1.82) is 0 Å². The molecule has 0 saturated heterocycles. The molecule has 0 saturated carbocycles. The van der Waals surface area contributed by atoms with Gasteiger partial charge < -0.3 is 0 Å². The largest absolute Gasteiger partial charge is 0.300 e. The first-order valence-corrected chi connectivity index (χ1v) is 5.83. The van der Waals surface area contributed by atoms with Crippen molar-refractivity contribution >= 4 is 5.78 Å². The zero-order valence-corrected chi connectivity index (χ0v) is 9.27. The molecule has 13 heavy (non-hydrogen) atoms. The normalized spacial score (nSPS) is 10.3. The van der Waals surface area contributed by atoms with E-state index in [1.165, 1.54) is 32.1 Å². The quantitative estimate of drug-likeness (QED) is 0.493. The van der Waals surface area contributed by atoms with Crippen molar-refractivity contribution in [2.75, 3.05) is 0 Å². The molecule has 0 heterocycles. The minimum Gasteiger partial charge on any atom is -0.300 e. The monoisotopic (exact) mass is 184 g/mol. The molecule has 0 aliphatic heterocycles. The Morgan fingerprint density at radius 2 is 1.38 bits per heavy atom. The third kappa shape index (κ3) is 9.59. The molecule has 0 aliphatic rings. The summed E-state index contributed by atoms with van der Waals surface area (Å²) in [6, 6.07) is 0. The van der Waals surface area contributed by atoms with E-state index in [9.17, 15) is 4.79 Å². The number of hydrogen-bond acceptors (Lipinski definition) is 1.